The van der Waals surface area contributed by atoms with E-state index < -0.39 is 5.97 Å². The number of nitrogens with zero attached hydrogens (tertiary/aromatic N) is 2. The number of benzene rings is 1. The third kappa shape index (κ3) is 2.13. The van der Waals surface area contributed by atoms with Gasteiger partial charge in [0.1, 0.15) is 5.82 Å². The second-order valence-electron chi connectivity index (χ2n) is 4.11. The van der Waals surface area contributed by atoms with Crippen molar-refractivity contribution in [1.29, 1.82) is 0 Å². The van der Waals surface area contributed by atoms with Crippen LogP contribution in [0.3, 0.4) is 0 Å². The minimum absolute atomic E-state index is 0.0998. The van der Waals surface area contributed by atoms with Gasteiger partial charge in [0.2, 0.25) is 0 Å². The third-order valence-electron chi connectivity index (χ3n) is 2.97. The van der Waals surface area contributed by atoms with Crippen LogP contribution < -0.4 is 15.2 Å². The molecule has 0 spiro atoms. The molecule has 0 aliphatic carbocycles. The molecule has 0 aliphatic heterocycles. The molecule has 2 aromatic rings. The molecule has 0 bridgehead atoms. The first-order chi connectivity index (χ1) is 9.49. The number of anilines is 1. The number of carbonyl (C=O) groups is 1. The van der Waals surface area contributed by atoms with Crippen molar-refractivity contribution >= 4 is 11.8 Å². The first-order valence-electron chi connectivity index (χ1n) is 5.77. The van der Waals surface area contributed by atoms with Gasteiger partial charge < -0.3 is 20.3 Å². The zero-order chi connectivity index (χ0) is 14.9. The Kier molecular flexibility index (Phi) is 3.51. The molecule has 20 heavy (non-hydrogen) atoms. The average Bonchev–Trinajstić information content (AvgIpc) is 2.74. The fraction of sp³-hybridized carbons (Fsp3) is 0.231. The van der Waals surface area contributed by atoms with Gasteiger partial charge >= 0.3 is 5.97 Å². The summed E-state index contributed by atoms with van der Waals surface area (Å²) in [6.45, 7) is 0. The first kappa shape index (κ1) is 13.7. The number of rotatable bonds is 4. The lowest BCUT2D eigenvalue weighted by Gasteiger charge is -2.09. The number of ether oxygens (including phenoxy) is 2. The molecule has 0 unspecified atom stereocenters. The van der Waals surface area contributed by atoms with E-state index in [9.17, 15) is 9.90 Å². The second-order valence-corrected chi connectivity index (χ2v) is 4.11. The standard InChI is InChI=1S/C13H15N3O4/c1-16-12(14)10(11(15-16)13(17)18)7-4-5-8(19-2)9(6-7)20-3/h4-6H,14H2,1-3H3,(H,17,18). The minimum atomic E-state index is -1.14. The summed E-state index contributed by atoms with van der Waals surface area (Å²) < 4.78 is 11.7. The van der Waals surface area contributed by atoms with E-state index in [1.807, 2.05) is 0 Å². The Morgan fingerprint density at radius 1 is 1.30 bits per heavy atom. The van der Waals surface area contributed by atoms with Gasteiger partial charge in [-0.1, -0.05) is 6.07 Å². The molecule has 1 aromatic carbocycles. The van der Waals surface area contributed by atoms with Crippen LogP contribution in [0.15, 0.2) is 18.2 Å². The number of aryl methyl sites for hydroxylation is 1. The topological polar surface area (TPSA) is 99.6 Å². The van der Waals surface area contributed by atoms with Crippen LogP contribution in [0, 0.1) is 0 Å². The first-order valence-corrected chi connectivity index (χ1v) is 5.77. The maximum Gasteiger partial charge on any atom is 0.357 e. The number of nitrogens with two attached hydrogens (primary N) is 1. The fourth-order valence-corrected chi connectivity index (χ4v) is 1.96. The monoisotopic (exact) mass is 277 g/mol. The molecule has 0 atom stereocenters. The molecule has 2 rings (SSSR count). The predicted molar refractivity (Wildman–Crippen MR) is 73.1 cm³/mol. The number of methoxy groups -OCH3 is 2. The number of aromatic carboxylic acids is 1. The Bertz CT molecular complexity index is 664. The minimum Gasteiger partial charge on any atom is -0.493 e. The lowest BCUT2D eigenvalue weighted by atomic mass is 10.0. The molecule has 0 aliphatic rings. The molecule has 0 radical (unpaired) electrons. The summed E-state index contributed by atoms with van der Waals surface area (Å²) in [4.78, 5) is 11.3. The van der Waals surface area contributed by atoms with Crippen molar-refractivity contribution in [2.24, 2.45) is 7.05 Å². The Hall–Kier alpha value is -2.70. The summed E-state index contributed by atoms with van der Waals surface area (Å²) in [6, 6.07) is 5.06. The number of carboxylic acids is 1. The highest BCUT2D eigenvalue weighted by atomic mass is 16.5. The fourth-order valence-electron chi connectivity index (χ4n) is 1.96. The summed E-state index contributed by atoms with van der Waals surface area (Å²) in [7, 11) is 4.62. The van der Waals surface area contributed by atoms with Crippen LogP contribution in [0.4, 0.5) is 5.82 Å². The highest BCUT2D eigenvalue weighted by Crippen LogP contribution is 2.36. The van der Waals surface area contributed by atoms with Crippen molar-refractivity contribution in [2.45, 2.75) is 0 Å². The van der Waals surface area contributed by atoms with Gasteiger partial charge in [0.05, 0.1) is 19.8 Å². The Morgan fingerprint density at radius 3 is 2.50 bits per heavy atom. The van der Waals surface area contributed by atoms with Crippen molar-refractivity contribution in [3.8, 4) is 22.6 Å². The molecule has 7 nitrogen and oxygen atoms in total. The lowest BCUT2D eigenvalue weighted by molar-refractivity contribution is 0.0690. The van der Waals surface area contributed by atoms with Crippen LogP contribution in [-0.2, 0) is 7.05 Å². The van der Waals surface area contributed by atoms with Gasteiger partial charge in [-0.05, 0) is 17.7 Å². The molecule has 0 saturated heterocycles. The number of aromatic nitrogens is 2. The van der Waals surface area contributed by atoms with Crippen molar-refractivity contribution in [3.05, 3.63) is 23.9 Å². The van der Waals surface area contributed by atoms with E-state index in [0.29, 0.717) is 22.6 Å². The smallest absolute Gasteiger partial charge is 0.357 e. The molecule has 0 amide bonds. The van der Waals surface area contributed by atoms with Gasteiger partial charge in [-0.15, -0.1) is 0 Å². The van der Waals surface area contributed by atoms with Crippen molar-refractivity contribution in [3.63, 3.8) is 0 Å². The molecule has 0 saturated carbocycles. The number of hydrogen-bond donors (Lipinski definition) is 2. The maximum absolute atomic E-state index is 11.3. The van der Waals surface area contributed by atoms with E-state index >= 15 is 0 Å². The number of carboxylic acid groups (broad SMARTS) is 1. The van der Waals surface area contributed by atoms with Crippen molar-refractivity contribution in [2.75, 3.05) is 20.0 Å². The van der Waals surface area contributed by atoms with Crippen LogP contribution in [0.1, 0.15) is 10.5 Å². The third-order valence-corrected chi connectivity index (χ3v) is 2.97. The van der Waals surface area contributed by atoms with Crippen LogP contribution in [0.5, 0.6) is 11.5 Å². The Balaban J connectivity index is 2.65. The molecular formula is C13H15N3O4. The normalized spacial score (nSPS) is 10.3. The average molecular weight is 277 g/mol. The number of nitrogen functional groups attached to an aromatic ring is 1. The van der Waals surface area contributed by atoms with E-state index in [1.165, 1.54) is 18.9 Å². The molecular weight excluding hydrogens is 262 g/mol. The van der Waals surface area contributed by atoms with Crippen molar-refractivity contribution in [1.82, 2.24) is 9.78 Å². The predicted octanol–water partition coefficient (Wildman–Crippen LogP) is 1.38. The maximum atomic E-state index is 11.3. The Labute approximate surface area is 115 Å². The van der Waals surface area contributed by atoms with Gasteiger partial charge in [-0.3, -0.25) is 4.68 Å². The summed E-state index contributed by atoms with van der Waals surface area (Å²) in [5.74, 6) is 0.178. The van der Waals surface area contributed by atoms with E-state index in [1.54, 1.807) is 25.2 Å². The van der Waals surface area contributed by atoms with Gasteiger partial charge in [-0.25, -0.2) is 4.79 Å². The largest absolute Gasteiger partial charge is 0.493 e. The molecule has 7 heteroatoms. The van der Waals surface area contributed by atoms with E-state index in [2.05, 4.69) is 5.10 Å². The summed E-state index contributed by atoms with van der Waals surface area (Å²) in [6.07, 6.45) is 0. The molecule has 1 aromatic heterocycles. The van der Waals surface area contributed by atoms with Crippen LogP contribution >= 0.6 is 0 Å². The van der Waals surface area contributed by atoms with Crippen molar-refractivity contribution < 1.29 is 19.4 Å². The second kappa shape index (κ2) is 5.12. The Morgan fingerprint density at radius 2 is 1.95 bits per heavy atom. The lowest BCUT2D eigenvalue weighted by Crippen LogP contribution is -2.00. The summed E-state index contributed by atoms with van der Waals surface area (Å²) >= 11 is 0. The zero-order valence-electron chi connectivity index (χ0n) is 11.4. The quantitative estimate of drug-likeness (QED) is 0.876. The molecule has 1 heterocycles. The SMILES string of the molecule is COc1ccc(-c2c(C(=O)O)nn(C)c2N)cc1OC. The summed E-state index contributed by atoms with van der Waals surface area (Å²) in [5, 5.41) is 13.1. The van der Waals surface area contributed by atoms with Gasteiger partial charge in [-0.2, -0.15) is 5.10 Å². The molecule has 3 N–H and O–H groups in total. The van der Waals surface area contributed by atoms with Gasteiger partial charge in [0.25, 0.3) is 0 Å². The highest BCUT2D eigenvalue weighted by Gasteiger charge is 2.22. The molecule has 0 fully saturated rings. The summed E-state index contributed by atoms with van der Waals surface area (Å²) in [5.41, 5.74) is 6.77. The van der Waals surface area contributed by atoms with Crippen LogP contribution in [0.2, 0.25) is 0 Å². The highest BCUT2D eigenvalue weighted by molar-refractivity contribution is 5.97. The van der Waals surface area contributed by atoms with E-state index in [-0.39, 0.29) is 11.5 Å². The number of hydrogen-bond acceptors (Lipinski definition) is 5. The van der Waals surface area contributed by atoms with Crippen LogP contribution in [0.25, 0.3) is 11.1 Å². The van der Waals surface area contributed by atoms with Gasteiger partial charge in [0.15, 0.2) is 17.2 Å². The van der Waals surface area contributed by atoms with E-state index in [4.69, 9.17) is 15.2 Å². The van der Waals surface area contributed by atoms with Crippen LogP contribution in [-0.4, -0.2) is 35.1 Å². The zero-order valence-corrected chi connectivity index (χ0v) is 11.4. The van der Waals surface area contributed by atoms with Gasteiger partial charge in [0, 0.05) is 7.05 Å². The molecule has 106 valence electrons. The van der Waals surface area contributed by atoms with E-state index in [0.717, 1.165) is 0 Å².